The van der Waals surface area contributed by atoms with Crippen molar-refractivity contribution >= 4 is 0 Å². The fourth-order valence-corrected chi connectivity index (χ4v) is 1.26. The van der Waals surface area contributed by atoms with Gasteiger partial charge in [-0.3, -0.25) is 0 Å². The van der Waals surface area contributed by atoms with Gasteiger partial charge >= 0.3 is 0 Å². The quantitative estimate of drug-likeness (QED) is 0.751. The predicted molar refractivity (Wildman–Crippen MR) is 56.9 cm³/mol. The first-order valence-electron chi connectivity index (χ1n) is 4.79. The molecule has 0 amide bonds. The van der Waals surface area contributed by atoms with E-state index in [1.807, 2.05) is 13.1 Å². The zero-order valence-electron chi connectivity index (χ0n) is 9.12. The lowest BCUT2D eigenvalue weighted by Crippen LogP contribution is -2.17. The summed E-state index contributed by atoms with van der Waals surface area (Å²) in [6, 6.07) is 0. The summed E-state index contributed by atoms with van der Waals surface area (Å²) in [5.41, 5.74) is 7.74. The lowest BCUT2D eigenvalue weighted by Gasteiger charge is -2.11. The second-order valence-electron chi connectivity index (χ2n) is 3.65. The molecule has 0 fully saturated rings. The van der Waals surface area contributed by atoms with Gasteiger partial charge in [-0.1, -0.05) is 0 Å². The Morgan fingerprint density at radius 1 is 1.43 bits per heavy atom. The average Bonchev–Trinajstić information content (AvgIpc) is 2.15. The maximum atomic E-state index is 5.61. The molecule has 14 heavy (non-hydrogen) atoms. The molecular formula is C10H18N4. The van der Waals surface area contributed by atoms with E-state index in [0.717, 1.165) is 30.0 Å². The van der Waals surface area contributed by atoms with Gasteiger partial charge in [0, 0.05) is 37.0 Å². The summed E-state index contributed by atoms with van der Waals surface area (Å²) < 4.78 is 0. The van der Waals surface area contributed by atoms with Crippen LogP contribution >= 0.6 is 0 Å². The molecule has 0 unspecified atom stereocenters. The number of nitrogens with zero attached hydrogens (tertiary/aromatic N) is 3. The van der Waals surface area contributed by atoms with Gasteiger partial charge in [-0.2, -0.15) is 0 Å². The molecule has 4 heteroatoms. The summed E-state index contributed by atoms with van der Waals surface area (Å²) in [5.74, 6) is 0.816. The minimum absolute atomic E-state index is 0.517. The lowest BCUT2D eigenvalue weighted by molar-refractivity contribution is 0.411. The van der Waals surface area contributed by atoms with Crippen LogP contribution in [0.1, 0.15) is 17.1 Å². The van der Waals surface area contributed by atoms with Gasteiger partial charge in [0.2, 0.25) is 0 Å². The van der Waals surface area contributed by atoms with E-state index in [-0.39, 0.29) is 0 Å². The van der Waals surface area contributed by atoms with Crippen LogP contribution < -0.4 is 5.73 Å². The number of likely N-dealkylation sites (N-methyl/N-ethyl adjacent to an activating group) is 1. The molecule has 0 radical (unpaired) electrons. The molecule has 1 heterocycles. The fourth-order valence-electron chi connectivity index (χ4n) is 1.26. The highest BCUT2D eigenvalue weighted by Crippen LogP contribution is 2.05. The van der Waals surface area contributed by atoms with Crippen LogP contribution in [-0.2, 0) is 13.0 Å². The van der Waals surface area contributed by atoms with E-state index in [1.165, 1.54) is 0 Å². The summed E-state index contributed by atoms with van der Waals surface area (Å²) >= 11 is 0. The van der Waals surface area contributed by atoms with Crippen molar-refractivity contribution in [2.24, 2.45) is 5.73 Å². The van der Waals surface area contributed by atoms with Crippen molar-refractivity contribution in [3.8, 4) is 0 Å². The van der Waals surface area contributed by atoms with Crippen LogP contribution in [0.2, 0.25) is 0 Å². The van der Waals surface area contributed by atoms with Crippen LogP contribution in [0.25, 0.3) is 0 Å². The van der Waals surface area contributed by atoms with E-state index >= 15 is 0 Å². The molecule has 0 aliphatic rings. The Balaban J connectivity index is 2.77. The van der Waals surface area contributed by atoms with Gasteiger partial charge in [0.15, 0.2) is 0 Å². The van der Waals surface area contributed by atoms with Crippen LogP contribution in [0.15, 0.2) is 6.20 Å². The van der Waals surface area contributed by atoms with Gasteiger partial charge in [0.25, 0.3) is 0 Å². The van der Waals surface area contributed by atoms with Crippen LogP contribution in [0.4, 0.5) is 0 Å². The highest BCUT2D eigenvalue weighted by molar-refractivity contribution is 5.17. The first-order chi connectivity index (χ1) is 6.63. The molecule has 0 bridgehead atoms. The molecule has 0 saturated carbocycles. The predicted octanol–water partition coefficient (Wildman–Crippen LogP) is 0.348. The summed E-state index contributed by atoms with van der Waals surface area (Å²) in [4.78, 5) is 10.7. The monoisotopic (exact) mass is 194 g/mol. The van der Waals surface area contributed by atoms with Crippen molar-refractivity contribution in [1.82, 2.24) is 14.9 Å². The first kappa shape index (κ1) is 11.1. The Labute approximate surface area is 85.2 Å². The number of rotatable bonds is 4. The molecule has 1 aromatic rings. The highest BCUT2D eigenvalue weighted by atomic mass is 15.0. The summed E-state index contributed by atoms with van der Waals surface area (Å²) in [6.07, 6.45) is 2.76. The molecule has 1 rings (SSSR count). The van der Waals surface area contributed by atoms with Crippen molar-refractivity contribution in [1.29, 1.82) is 0 Å². The third kappa shape index (κ3) is 3.05. The molecule has 0 aromatic carbocycles. The lowest BCUT2D eigenvalue weighted by atomic mass is 10.1. The molecule has 0 aliphatic heterocycles. The van der Waals surface area contributed by atoms with Crippen molar-refractivity contribution in [3.05, 3.63) is 23.3 Å². The molecule has 78 valence electrons. The Morgan fingerprint density at radius 3 is 2.71 bits per heavy atom. The maximum absolute atomic E-state index is 5.61. The van der Waals surface area contributed by atoms with Crippen molar-refractivity contribution in [3.63, 3.8) is 0 Å². The zero-order chi connectivity index (χ0) is 10.6. The second-order valence-corrected chi connectivity index (χ2v) is 3.65. The van der Waals surface area contributed by atoms with Crippen LogP contribution in [0, 0.1) is 6.92 Å². The first-order valence-corrected chi connectivity index (χ1v) is 4.79. The van der Waals surface area contributed by atoms with Gasteiger partial charge in [-0.25, -0.2) is 9.97 Å². The van der Waals surface area contributed by atoms with Gasteiger partial charge in [-0.15, -0.1) is 0 Å². The molecular weight excluding hydrogens is 176 g/mol. The Bertz CT molecular complexity index is 296. The number of aromatic nitrogens is 2. The van der Waals surface area contributed by atoms with Gasteiger partial charge in [0.1, 0.15) is 5.82 Å². The molecule has 4 nitrogen and oxygen atoms in total. The SMILES string of the molecule is Cc1ncc(CN)c(CCN(C)C)n1. The standard InChI is InChI=1S/C10H18N4/c1-8-12-7-9(6-11)10(13-8)4-5-14(2)3/h7H,4-6,11H2,1-3H3. The molecule has 0 atom stereocenters. The summed E-state index contributed by atoms with van der Waals surface area (Å²) in [6.45, 7) is 3.41. The smallest absolute Gasteiger partial charge is 0.125 e. The van der Waals surface area contributed by atoms with Gasteiger partial charge < -0.3 is 10.6 Å². The Hall–Kier alpha value is -1.00. The minimum atomic E-state index is 0.517. The highest BCUT2D eigenvalue weighted by Gasteiger charge is 2.04. The molecule has 1 aromatic heterocycles. The van der Waals surface area contributed by atoms with Crippen LogP contribution in [0.5, 0.6) is 0 Å². The van der Waals surface area contributed by atoms with Crippen molar-refractivity contribution in [2.75, 3.05) is 20.6 Å². The maximum Gasteiger partial charge on any atom is 0.125 e. The van der Waals surface area contributed by atoms with E-state index in [4.69, 9.17) is 5.73 Å². The van der Waals surface area contributed by atoms with Crippen molar-refractivity contribution < 1.29 is 0 Å². The zero-order valence-corrected chi connectivity index (χ0v) is 9.12. The average molecular weight is 194 g/mol. The van der Waals surface area contributed by atoms with E-state index < -0.39 is 0 Å². The third-order valence-corrected chi connectivity index (χ3v) is 2.09. The molecule has 2 N–H and O–H groups in total. The van der Waals surface area contributed by atoms with E-state index in [2.05, 4.69) is 29.0 Å². The number of hydrogen-bond acceptors (Lipinski definition) is 4. The molecule has 0 saturated heterocycles. The Morgan fingerprint density at radius 2 is 2.14 bits per heavy atom. The topological polar surface area (TPSA) is 55.0 Å². The number of aryl methyl sites for hydroxylation is 1. The summed E-state index contributed by atoms with van der Waals surface area (Å²) in [7, 11) is 4.10. The van der Waals surface area contributed by atoms with E-state index in [0.29, 0.717) is 6.54 Å². The van der Waals surface area contributed by atoms with Crippen molar-refractivity contribution in [2.45, 2.75) is 19.9 Å². The second kappa shape index (κ2) is 5.02. The minimum Gasteiger partial charge on any atom is -0.326 e. The van der Waals surface area contributed by atoms with Gasteiger partial charge in [-0.05, 0) is 21.0 Å². The summed E-state index contributed by atoms with van der Waals surface area (Å²) in [5, 5.41) is 0. The van der Waals surface area contributed by atoms with Crippen LogP contribution in [0.3, 0.4) is 0 Å². The number of nitrogens with two attached hydrogens (primary N) is 1. The Kier molecular flexibility index (Phi) is 3.98. The normalized spacial score (nSPS) is 10.9. The van der Waals surface area contributed by atoms with E-state index in [1.54, 1.807) is 0 Å². The fraction of sp³-hybridized carbons (Fsp3) is 0.600. The van der Waals surface area contributed by atoms with Gasteiger partial charge in [0.05, 0.1) is 0 Å². The van der Waals surface area contributed by atoms with E-state index in [9.17, 15) is 0 Å². The third-order valence-electron chi connectivity index (χ3n) is 2.09. The molecule has 0 aliphatic carbocycles. The largest absolute Gasteiger partial charge is 0.326 e. The van der Waals surface area contributed by atoms with Crippen LogP contribution in [-0.4, -0.2) is 35.5 Å². The molecule has 0 spiro atoms. The number of hydrogen-bond donors (Lipinski definition) is 1.